The Labute approximate surface area is 142 Å². The zero-order valence-electron chi connectivity index (χ0n) is 13.9. The maximum atomic E-state index is 12.8. The van der Waals surface area contributed by atoms with E-state index in [-0.39, 0.29) is 12.1 Å². The van der Waals surface area contributed by atoms with E-state index >= 15 is 0 Å². The summed E-state index contributed by atoms with van der Waals surface area (Å²) >= 11 is 0. The molecule has 138 valence electrons. The number of likely N-dealkylation sites (tertiary alicyclic amines) is 1. The van der Waals surface area contributed by atoms with Gasteiger partial charge in [-0.05, 0) is 31.0 Å². The molecule has 1 unspecified atom stereocenters. The van der Waals surface area contributed by atoms with Crippen molar-refractivity contribution in [3.63, 3.8) is 0 Å². The number of carbonyl (C=O) groups excluding carboxylic acids is 2. The fourth-order valence-electron chi connectivity index (χ4n) is 2.72. The first-order valence-electron chi connectivity index (χ1n) is 7.64. The molecule has 1 aliphatic heterocycles. The first-order chi connectivity index (χ1) is 11.8. The minimum absolute atomic E-state index is 0.192. The van der Waals surface area contributed by atoms with Crippen LogP contribution in [0.2, 0.25) is 0 Å². The van der Waals surface area contributed by atoms with E-state index in [0.717, 1.165) is 0 Å². The molecule has 2 rings (SSSR count). The van der Waals surface area contributed by atoms with E-state index < -0.39 is 30.6 Å². The molecule has 0 saturated carbocycles. The summed E-state index contributed by atoms with van der Waals surface area (Å²) in [6.45, 7) is -1.14. The molecule has 0 bridgehead atoms. The SMILES string of the molecule is COc1ccc(OC)c(C(=O)N2CCCC2C(=O)NCC(F)(F)F)c1. The predicted molar refractivity (Wildman–Crippen MR) is 82.7 cm³/mol. The summed E-state index contributed by atoms with van der Waals surface area (Å²) < 4.78 is 47.1. The standard InChI is InChI=1S/C16H19F3N2O4/c1-24-10-5-6-13(25-2)11(8-10)15(23)21-7-3-4-12(21)14(22)20-9-16(17,18)19/h5-6,8,12H,3-4,7,9H2,1-2H3,(H,20,22). The van der Waals surface area contributed by atoms with Crippen LogP contribution in [0.4, 0.5) is 13.2 Å². The molecule has 1 atom stereocenters. The molecule has 1 aromatic rings. The zero-order chi connectivity index (χ0) is 18.6. The van der Waals surface area contributed by atoms with E-state index in [1.54, 1.807) is 12.1 Å². The fraction of sp³-hybridized carbons (Fsp3) is 0.500. The van der Waals surface area contributed by atoms with Crippen LogP contribution in [0.3, 0.4) is 0 Å². The van der Waals surface area contributed by atoms with Crippen molar-refractivity contribution >= 4 is 11.8 Å². The lowest BCUT2D eigenvalue weighted by atomic mass is 10.1. The maximum absolute atomic E-state index is 12.8. The Kier molecular flexibility index (Phi) is 5.76. The summed E-state index contributed by atoms with van der Waals surface area (Å²) in [5, 5.41) is 1.84. The van der Waals surface area contributed by atoms with E-state index in [0.29, 0.717) is 24.3 Å². The summed E-state index contributed by atoms with van der Waals surface area (Å²) in [6, 6.07) is 3.71. The van der Waals surface area contributed by atoms with Gasteiger partial charge < -0.3 is 19.7 Å². The van der Waals surface area contributed by atoms with Crippen LogP contribution in [0, 0.1) is 0 Å². The largest absolute Gasteiger partial charge is 0.497 e. The first-order valence-corrected chi connectivity index (χ1v) is 7.64. The molecule has 1 saturated heterocycles. The van der Waals surface area contributed by atoms with Crippen molar-refractivity contribution in [1.29, 1.82) is 0 Å². The van der Waals surface area contributed by atoms with Crippen molar-refractivity contribution in [3.05, 3.63) is 23.8 Å². The van der Waals surface area contributed by atoms with E-state index in [1.165, 1.54) is 25.2 Å². The molecule has 0 aromatic heterocycles. The monoisotopic (exact) mass is 360 g/mol. The molecule has 1 fully saturated rings. The van der Waals surface area contributed by atoms with Crippen molar-refractivity contribution < 1.29 is 32.2 Å². The van der Waals surface area contributed by atoms with Gasteiger partial charge in [0.2, 0.25) is 5.91 Å². The second kappa shape index (κ2) is 7.62. The van der Waals surface area contributed by atoms with E-state index in [2.05, 4.69) is 0 Å². The number of nitrogens with zero attached hydrogens (tertiary/aromatic N) is 1. The minimum Gasteiger partial charge on any atom is -0.497 e. The highest BCUT2D eigenvalue weighted by molar-refractivity contribution is 6.00. The van der Waals surface area contributed by atoms with E-state index in [9.17, 15) is 22.8 Å². The lowest BCUT2D eigenvalue weighted by molar-refractivity contribution is -0.140. The van der Waals surface area contributed by atoms with Gasteiger partial charge >= 0.3 is 6.18 Å². The van der Waals surface area contributed by atoms with Gasteiger partial charge in [0.1, 0.15) is 24.1 Å². The van der Waals surface area contributed by atoms with Gasteiger partial charge in [0.25, 0.3) is 5.91 Å². The molecule has 1 aromatic carbocycles. The van der Waals surface area contributed by atoms with Crippen LogP contribution in [-0.2, 0) is 4.79 Å². The van der Waals surface area contributed by atoms with Gasteiger partial charge in [-0.15, -0.1) is 0 Å². The van der Waals surface area contributed by atoms with Crippen LogP contribution in [0.5, 0.6) is 11.5 Å². The molecule has 0 aliphatic carbocycles. The smallest absolute Gasteiger partial charge is 0.405 e. The summed E-state index contributed by atoms with van der Waals surface area (Å²) in [4.78, 5) is 26.1. The number of hydrogen-bond donors (Lipinski definition) is 1. The highest BCUT2D eigenvalue weighted by Gasteiger charge is 2.37. The van der Waals surface area contributed by atoms with Crippen molar-refractivity contribution in [2.75, 3.05) is 27.3 Å². The fourth-order valence-corrected chi connectivity index (χ4v) is 2.72. The summed E-state index contributed by atoms with van der Waals surface area (Å²) in [5.74, 6) is -0.570. The summed E-state index contributed by atoms with van der Waals surface area (Å²) in [5.41, 5.74) is 0.192. The quantitative estimate of drug-likeness (QED) is 0.872. The Morgan fingerprint density at radius 1 is 1.28 bits per heavy atom. The lowest BCUT2D eigenvalue weighted by Crippen LogP contribution is -2.48. The third kappa shape index (κ3) is 4.55. The molecule has 0 spiro atoms. The van der Waals surface area contributed by atoms with Crippen molar-refractivity contribution in [2.45, 2.75) is 25.1 Å². The van der Waals surface area contributed by atoms with Crippen LogP contribution in [0.1, 0.15) is 23.2 Å². The van der Waals surface area contributed by atoms with Gasteiger partial charge in [-0.3, -0.25) is 9.59 Å². The number of rotatable bonds is 5. The molecular formula is C16H19F3N2O4. The van der Waals surface area contributed by atoms with Crippen molar-refractivity contribution in [2.24, 2.45) is 0 Å². The zero-order valence-corrected chi connectivity index (χ0v) is 13.9. The molecule has 0 radical (unpaired) electrons. The molecule has 25 heavy (non-hydrogen) atoms. The molecule has 1 aliphatic rings. The van der Waals surface area contributed by atoms with Crippen LogP contribution >= 0.6 is 0 Å². The Balaban J connectivity index is 2.19. The molecule has 2 amide bonds. The van der Waals surface area contributed by atoms with Crippen LogP contribution in [0.25, 0.3) is 0 Å². The number of ether oxygens (including phenoxy) is 2. The number of carbonyl (C=O) groups is 2. The second-order valence-corrected chi connectivity index (χ2v) is 5.56. The average molecular weight is 360 g/mol. The molecular weight excluding hydrogens is 341 g/mol. The topological polar surface area (TPSA) is 67.9 Å². The summed E-state index contributed by atoms with van der Waals surface area (Å²) in [6.07, 6.45) is -3.66. The number of benzene rings is 1. The Morgan fingerprint density at radius 3 is 2.60 bits per heavy atom. The van der Waals surface area contributed by atoms with Gasteiger partial charge in [0, 0.05) is 6.54 Å². The number of hydrogen-bond acceptors (Lipinski definition) is 4. The highest BCUT2D eigenvalue weighted by Crippen LogP contribution is 2.28. The first kappa shape index (κ1) is 18.9. The van der Waals surface area contributed by atoms with Gasteiger partial charge in [-0.2, -0.15) is 13.2 Å². The maximum Gasteiger partial charge on any atom is 0.405 e. The number of amides is 2. The van der Waals surface area contributed by atoms with Gasteiger partial charge in [-0.25, -0.2) is 0 Å². The average Bonchev–Trinajstić information content (AvgIpc) is 3.07. The highest BCUT2D eigenvalue weighted by atomic mass is 19.4. The molecule has 1 N–H and O–H groups in total. The minimum atomic E-state index is -4.50. The predicted octanol–water partition coefficient (Wildman–Crippen LogP) is 1.99. The third-order valence-electron chi connectivity index (χ3n) is 3.92. The van der Waals surface area contributed by atoms with Crippen molar-refractivity contribution in [3.8, 4) is 11.5 Å². The Morgan fingerprint density at radius 2 is 2.00 bits per heavy atom. The van der Waals surface area contributed by atoms with Gasteiger partial charge in [0.05, 0.1) is 19.8 Å². The van der Waals surface area contributed by atoms with E-state index in [1.807, 2.05) is 5.32 Å². The number of halogens is 3. The van der Waals surface area contributed by atoms with Crippen LogP contribution in [0.15, 0.2) is 18.2 Å². The number of methoxy groups -OCH3 is 2. The van der Waals surface area contributed by atoms with E-state index in [4.69, 9.17) is 9.47 Å². The number of nitrogens with one attached hydrogen (secondary N) is 1. The number of alkyl halides is 3. The molecule has 6 nitrogen and oxygen atoms in total. The normalized spacial score (nSPS) is 17.3. The molecule has 1 heterocycles. The van der Waals surface area contributed by atoms with Crippen LogP contribution in [-0.4, -0.2) is 56.2 Å². The van der Waals surface area contributed by atoms with Crippen molar-refractivity contribution in [1.82, 2.24) is 10.2 Å². The second-order valence-electron chi connectivity index (χ2n) is 5.56. The van der Waals surface area contributed by atoms with Gasteiger partial charge in [0.15, 0.2) is 0 Å². The Bertz CT molecular complexity index is 649. The summed E-state index contributed by atoms with van der Waals surface area (Å²) in [7, 11) is 2.84. The van der Waals surface area contributed by atoms with Crippen LogP contribution < -0.4 is 14.8 Å². The Hall–Kier alpha value is -2.45. The third-order valence-corrected chi connectivity index (χ3v) is 3.92. The lowest BCUT2D eigenvalue weighted by Gasteiger charge is -2.25. The molecule has 9 heteroatoms. The van der Waals surface area contributed by atoms with Gasteiger partial charge in [-0.1, -0.05) is 0 Å².